The molecule has 2 N–H and O–H groups in total. The van der Waals surface area contributed by atoms with Gasteiger partial charge in [0, 0.05) is 24.7 Å². The monoisotopic (exact) mass is 294 g/mol. The van der Waals surface area contributed by atoms with E-state index >= 15 is 0 Å². The molecule has 0 spiro atoms. The quantitative estimate of drug-likeness (QED) is 0.864. The number of nitrogens with two attached hydrogens (primary N) is 1. The second-order valence-corrected chi connectivity index (χ2v) is 4.38. The van der Waals surface area contributed by atoms with Crippen molar-refractivity contribution in [2.24, 2.45) is 5.73 Å². The molecular weight excluding hydrogens is 281 g/mol. The standard InChI is InChI=1S/C12H13F3N2O.ClH/c13-12(14,15)9-3-1-8(2-4-9)11(18)17-6-5-10(16)7-17;/h1-4,10H,5-7,16H2;1H. The van der Waals surface area contributed by atoms with Crippen LogP contribution in [-0.4, -0.2) is 29.9 Å². The number of nitrogens with zero attached hydrogens (tertiary/aromatic N) is 1. The Bertz CT molecular complexity index is 447. The fraction of sp³-hybridized carbons (Fsp3) is 0.417. The highest BCUT2D eigenvalue weighted by atomic mass is 35.5. The number of hydrogen-bond acceptors (Lipinski definition) is 2. The summed E-state index contributed by atoms with van der Waals surface area (Å²) in [4.78, 5) is 13.5. The molecule has 2 rings (SSSR count). The smallest absolute Gasteiger partial charge is 0.337 e. The fourth-order valence-corrected chi connectivity index (χ4v) is 1.96. The van der Waals surface area contributed by atoms with Gasteiger partial charge in [-0.1, -0.05) is 0 Å². The summed E-state index contributed by atoms with van der Waals surface area (Å²) in [7, 11) is 0. The molecule has 0 bridgehead atoms. The largest absolute Gasteiger partial charge is 0.416 e. The Kier molecular flexibility index (Phi) is 4.81. The van der Waals surface area contributed by atoms with Crippen LogP contribution in [0.25, 0.3) is 0 Å². The summed E-state index contributed by atoms with van der Waals surface area (Å²) in [5.41, 5.74) is 5.19. The van der Waals surface area contributed by atoms with Crippen LogP contribution < -0.4 is 5.73 Å². The van der Waals surface area contributed by atoms with E-state index < -0.39 is 11.7 Å². The minimum atomic E-state index is -4.38. The Morgan fingerprint density at radius 3 is 2.26 bits per heavy atom. The van der Waals surface area contributed by atoms with Crippen LogP contribution in [0.15, 0.2) is 24.3 Å². The maximum Gasteiger partial charge on any atom is 0.416 e. The predicted molar refractivity (Wildman–Crippen MR) is 67.2 cm³/mol. The normalized spacial score (nSPS) is 19.2. The van der Waals surface area contributed by atoms with Crippen molar-refractivity contribution in [1.82, 2.24) is 4.90 Å². The van der Waals surface area contributed by atoms with Crippen molar-refractivity contribution in [1.29, 1.82) is 0 Å². The molecule has 0 saturated carbocycles. The number of alkyl halides is 3. The van der Waals surface area contributed by atoms with Crippen LogP contribution in [0.2, 0.25) is 0 Å². The van der Waals surface area contributed by atoms with Crippen molar-refractivity contribution >= 4 is 18.3 Å². The Morgan fingerprint density at radius 1 is 1.26 bits per heavy atom. The highest BCUT2D eigenvalue weighted by Gasteiger charge is 2.31. The fourth-order valence-electron chi connectivity index (χ4n) is 1.96. The summed E-state index contributed by atoms with van der Waals surface area (Å²) in [6.07, 6.45) is -3.65. The van der Waals surface area contributed by atoms with Crippen LogP contribution in [-0.2, 0) is 6.18 Å². The lowest BCUT2D eigenvalue weighted by Crippen LogP contribution is -2.31. The molecular formula is C12H14ClF3N2O. The van der Waals surface area contributed by atoms with Gasteiger partial charge >= 0.3 is 6.18 Å². The first-order valence-corrected chi connectivity index (χ1v) is 5.60. The van der Waals surface area contributed by atoms with E-state index in [1.807, 2.05) is 0 Å². The molecule has 1 aromatic carbocycles. The van der Waals surface area contributed by atoms with Gasteiger partial charge in [-0.2, -0.15) is 13.2 Å². The lowest BCUT2D eigenvalue weighted by Gasteiger charge is -2.16. The predicted octanol–water partition coefficient (Wildman–Crippen LogP) is 2.30. The zero-order valence-corrected chi connectivity index (χ0v) is 10.8. The molecule has 0 radical (unpaired) electrons. The van der Waals surface area contributed by atoms with E-state index in [9.17, 15) is 18.0 Å². The summed E-state index contributed by atoms with van der Waals surface area (Å²) < 4.78 is 37.1. The van der Waals surface area contributed by atoms with Gasteiger partial charge < -0.3 is 10.6 Å². The lowest BCUT2D eigenvalue weighted by atomic mass is 10.1. The molecule has 1 heterocycles. The van der Waals surface area contributed by atoms with Crippen LogP contribution in [0.3, 0.4) is 0 Å². The summed E-state index contributed by atoms with van der Waals surface area (Å²) >= 11 is 0. The van der Waals surface area contributed by atoms with Crippen LogP contribution in [0.4, 0.5) is 13.2 Å². The van der Waals surface area contributed by atoms with Crippen molar-refractivity contribution in [3.63, 3.8) is 0 Å². The van der Waals surface area contributed by atoms with Crippen molar-refractivity contribution in [3.05, 3.63) is 35.4 Å². The molecule has 106 valence electrons. The topological polar surface area (TPSA) is 46.3 Å². The van der Waals surface area contributed by atoms with E-state index in [0.29, 0.717) is 13.1 Å². The van der Waals surface area contributed by atoms with E-state index in [0.717, 1.165) is 18.6 Å². The Labute approximate surface area is 115 Å². The molecule has 19 heavy (non-hydrogen) atoms. The van der Waals surface area contributed by atoms with Crippen molar-refractivity contribution in [2.75, 3.05) is 13.1 Å². The molecule has 3 nitrogen and oxygen atoms in total. The van der Waals surface area contributed by atoms with Gasteiger partial charge in [-0.15, -0.1) is 12.4 Å². The zero-order valence-electron chi connectivity index (χ0n) is 9.98. The van der Waals surface area contributed by atoms with Crippen molar-refractivity contribution in [3.8, 4) is 0 Å². The van der Waals surface area contributed by atoms with E-state index in [4.69, 9.17) is 5.73 Å². The number of benzene rings is 1. The summed E-state index contributed by atoms with van der Waals surface area (Å²) in [5.74, 6) is -0.267. The first kappa shape index (κ1) is 15.8. The van der Waals surface area contributed by atoms with Gasteiger partial charge in [0.15, 0.2) is 0 Å². The second-order valence-electron chi connectivity index (χ2n) is 4.38. The summed E-state index contributed by atoms with van der Waals surface area (Å²) in [6.45, 7) is 1.01. The third-order valence-corrected chi connectivity index (χ3v) is 2.97. The van der Waals surface area contributed by atoms with Gasteiger partial charge in [-0.05, 0) is 30.7 Å². The van der Waals surface area contributed by atoms with Gasteiger partial charge in [0.25, 0.3) is 5.91 Å². The first-order chi connectivity index (χ1) is 8.38. The minimum absolute atomic E-state index is 0. The zero-order chi connectivity index (χ0) is 13.3. The molecule has 0 aliphatic carbocycles. The van der Waals surface area contributed by atoms with Gasteiger partial charge in [0.2, 0.25) is 0 Å². The molecule has 1 aliphatic rings. The summed E-state index contributed by atoms with van der Waals surface area (Å²) in [5, 5.41) is 0. The minimum Gasteiger partial charge on any atom is -0.337 e. The molecule has 1 unspecified atom stereocenters. The first-order valence-electron chi connectivity index (χ1n) is 5.60. The number of likely N-dealkylation sites (tertiary alicyclic amines) is 1. The highest BCUT2D eigenvalue weighted by Crippen LogP contribution is 2.29. The molecule has 1 amide bonds. The van der Waals surface area contributed by atoms with Crippen molar-refractivity contribution < 1.29 is 18.0 Å². The van der Waals surface area contributed by atoms with Gasteiger partial charge in [-0.25, -0.2) is 0 Å². The van der Waals surface area contributed by atoms with E-state index in [1.165, 1.54) is 12.1 Å². The van der Waals surface area contributed by atoms with Gasteiger partial charge in [-0.3, -0.25) is 4.79 Å². The number of amides is 1. The Morgan fingerprint density at radius 2 is 1.84 bits per heavy atom. The number of carbonyl (C=O) groups excluding carboxylic acids is 1. The molecule has 1 saturated heterocycles. The van der Waals surface area contributed by atoms with Crippen LogP contribution in [0.5, 0.6) is 0 Å². The average molecular weight is 295 g/mol. The third-order valence-electron chi connectivity index (χ3n) is 2.97. The Balaban J connectivity index is 0.00000180. The van der Waals surface area contributed by atoms with E-state index in [-0.39, 0.29) is 29.9 Å². The van der Waals surface area contributed by atoms with Crippen LogP contribution >= 0.6 is 12.4 Å². The maximum absolute atomic E-state index is 12.4. The van der Waals surface area contributed by atoms with Crippen LogP contribution in [0, 0.1) is 0 Å². The number of hydrogen-bond donors (Lipinski definition) is 1. The number of rotatable bonds is 1. The molecule has 1 fully saturated rings. The molecule has 7 heteroatoms. The lowest BCUT2D eigenvalue weighted by molar-refractivity contribution is -0.137. The highest BCUT2D eigenvalue weighted by molar-refractivity contribution is 5.94. The number of carbonyl (C=O) groups is 1. The van der Waals surface area contributed by atoms with Crippen LogP contribution in [0.1, 0.15) is 22.3 Å². The van der Waals surface area contributed by atoms with Gasteiger partial charge in [0.05, 0.1) is 5.56 Å². The average Bonchev–Trinajstić information content (AvgIpc) is 2.74. The SMILES string of the molecule is Cl.NC1CCN(C(=O)c2ccc(C(F)(F)F)cc2)C1. The molecule has 1 atom stereocenters. The van der Waals surface area contributed by atoms with E-state index in [2.05, 4.69) is 0 Å². The Hall–Kier alpha value is -1.27. The van der Waals surface area contributed by atoms with Gasteiger partial charge in [0.1, 0.15) is 0 Å². The second kappa shape index (κ2) is 5.79. The third kappa shape index (κ3) is 3.61. The number of halogens is 4. The maximum atomic E-state index is 12.4. The summed E-state index contributed by atoms with van der Waals surface area (Å²) in [6, 6.07) is 4.21. The molecule has 1 aliphatic heterocycles. The molecule has 1 aromatic rings. The van der Waals surface area contributed by atoms with E-state index in [1.54, 1.807) is 4.90 Å². The molecule has 0 aromatic heterocycles. The van der Waals surface area contributed by atoms with Crippen molar-refractivity contribution in [2.45, 2.75) is 18.6 Å².